The maximum atomic E-state index is 10.1. The number of carboxylic acids is 1. The van der Waals surface area contributed by atoms with E-state index in [-0.39, 0.29) is 6.42 Å². The summed E-state index contributed by atoms with van der Waals surface area (Å²) in [6.45, 7) is 0. The minimum atomic E-state index is -0.723. The van der Waals surface area contributed by atoms with Gasteiger partial charge in [0.1, 0.15) is 0 Å². The lowest BCUT2D eigenvalue weighted by Crippen LogP contribution is -2.01. The first-order chi connectivity index (χ1) is 5.63. The first-order valence-electron chi connectivity index (χ1n) is 4.04. The summed E-state index contributed by atoms with van der Waals surface area (Å²) in [5.74, 6) is -0.723. The van der Waals surface area contributed by atoms with Crippen molar-refractivity contribution in [2.45, 2.75) is 25.7 Å². The van der Waals surface area contributed by atoms with Gasteiger partial charge < -0.3 is 10.1 Å². The van der Waals surface area contributed by atoms with Gasteiger partial charge in [-0.3, -0.25) is 4.79 Å². The number of hydrazone groups is 1. The molecular weight excluding hydrogens is 156 g/mol. The van der Waals surface area contributed by atoms with E-state index in [4.69, 9.17) is 5.11 Å². The van der Waals surface area contributed by atoms with Gasteiger partial charge in [-0.25, -0.2) is 0 Å². The Balaban J connectivity index is 3.16. The predicted octanol–water partition coefficient (Wildman–Crippen LogP) is 1.18. The fraction of sp³-hybridized carbons (Fsp3) is 0.750. The van der Waals surface area contributed by atoms with Crippen molar-refractivity contribution in [1.29, 1.82) is 0 Å². The van der Waals surface area contributed by atoms with Crippen LogP contribution >= 0.6 is 0 Å². The number of aliphatic carboxylic acids is 1. The van der Waals surface area contributed by atoms with Crippen molar-refractivity contribution in [2.24, 2.45) is 5.10 Å². The van der Waals surface area contributed by atoms with E-state index in [1.165, 1.54) is 0 Å². The van der Waals surface area contributed by atoms with Gasteiger partial charge in [0, 0.05) is 26.7 Å². The summed E-state index contributed by atoms with van der Waals surface area (Å²) in [4.78, 5) is 10.1. The number of carbonyl (C=O) groups is 1. The molecule has 0 unspecified atom stereocenters. The van der Waals surface area contributed by atoms with E-state index in [9.17, 15) is 4.79 Å². The summed E-state index contributed by atoms with van der Waals surface area (Å²) in [5, 5.41) is 14.0. The highest BCUT2D eigenvalue weighted by Crippen LogP contribution is 1.97. The molecule has 0 aliphatic rings. The summed E-state index contributed by atoms with van der Waals surface area (Å²) < 4.78 is 0. The molecule has 0 aromatic carbocycles. The average Bonchev–Trinajstić information content (AvgIpc) is 1.95. The summed E-state index contributed by atoms with van der Waals surface area (Å²) in [6.07, 6.45) is 4.54. The van der Waals surface area contributed by atoms with Crippen molar-refractivity contribution in [3.8, 4) is 0 Å². The summed E-state index contributed by atoms with van der Waals surface area (Å²) in [5.41, 5.74) is 0. The predicted molar refractivity (Wildman–Crippen MR) is 48.3 cm³/mol. The first kappa shape index (κ1) is 10.9. The topological polar surface area (TPSA) is 52.9 Å². The summed E-state index contributed by atoms with van der Waals surface area (Å²) in [7, 11) is 3.71. The third-order valence-electron chi connectivity index (χ3n) is 1.29. The van der Waals surface area contributed by atoms with Crippen molar-refractivity contribution in [2.75, 3.05) is 14.1 Å². The minimum Gasteiger partial charge on any atom is -0.481 e. The number of rotatable bonds is 6. The van der Waals surface area contributed by atoms with E-state index in [1.807, 2.05) is 20.3 Å². The van der Waals surface area contributed by atoms with Crippen LogP contribution in [0.15, 0.2) is 5.10 Å². The molecule has 0 spiro atoms. The molecule has 0 saturated carbocycles. The summed E-state index contributed by atoms with van der Waals surface area (Å²) in [6, 6.07) is 0. The highest BCUT2D eigenvalue weighted by molar-refractivity contribution is 5.66. The van der Waals surface area contributed by atoms with Crippen molar-refractivity contribution >= 4 is 12.2 Å². The first-order valence-corrected chi connectivity index (χ1v) is 4.04. The highest BCUT2D eigenvalue weighted by Gasteiger charge is 1.94. The van der Waals surface area contributed by atoms with Gasteiger partial charge in [0.25, 0.3) is 0 Å². The molecule has 0 amide bonds. The van der Waals surface area contributed by atoms with Crippen LogP contribution in [-0.2, 0) is 4.79 Å². The van der Waals surface area contributed by atoms with Crippen molar-refractivity contribution < 1.29 is 9.90 Å². The van der Waals surface area contributed by atoms with E-state index in [0.717, 1.165) is 19.3 Å². The molecule has 12 heavy (non-hydrogen) atoms. The Kier molecular flexibility index (Phi) is 6.05. The van der Waals surface area contributed by atoms with Crippen LogP contribution in [0.1, 0.15) is 25.7 Å². The van der Waals surface area contributed by atoms with E-state index in [2.05, 4.69) is 5.10 Å². The normalized spacial score (nSPS) is 10.5. The van der Waals surface area contributed by atoms with Gasteiger partial charge in [-0.15, -0.1) is 0 Å². The zero-order valence-corrected chi connectivity index (χ0v) is 7.66. The molecule has 0 aromatic heterocycles. The molecule has 0 heterocycles. The van der Waals surface area contributed by atoms with Gasteiger partial charge in [0.15, 0.2) is 0 Å². The van der Waals surface area contributed by atoms with E-state index in [0.29, 0.717) is 0 Å². The van der Waals surface area contributed by atoms with Crippen molar-refractivity contribution in [3.63, 3.8) is 0 Å². The maximum Gasteiger partial charge on any atom is 0.303 e. The second-order valence-electron chi connectivity index (χ2n) is 2.78. The van der Waals surface area contributed by atoms with Gasteiger partial charge >= 0.3 is 5.97 Å². The molecule has 0 aromatic rings. The van der Waals surface area contributed by atoms with Crippen LogP contribution in [0.25, 0.3) is 0 Å². The lowest BCUT2D eigenvalue weighted by atomic mass is 10.2. The molecule has 0 aliphatic heterocycles. The zero-order valence-electron chi connectivity index (χ0n) is 7.66. The molecular formula is C8H16N2O2. The Labute approximate surface area is 72.9 Å². The Morgan fingerprint density at radius 2 is 2.17 bits per heavy atom. The lowest BCUT2D eigenvalue weighted by Gasteiger charge is -2.01. The molecule has 0 atom stereocenters. The van der Waals surface area contributed by atoms with Crippen molar-refractivity contribution in [1.82, 2.24) is 5.01 Å². The second kappa shape index (κ2) is 6.64. The van der Waals surface area contributed by atoms with Crippen molar-refractivity contribution in [3.05, 3.63) is 0 Å². The smallest absolute Gasteiger partial charge is 0.303 e. The number of nitrogens with zero attached hydrogens (tertiary/aromatic N) is 2. The molecule has 0 aliphatic carbocycles. The fourth-order valence-corrected chi connectivity index (χ4v) is 0.733. The monoisotopic (exact) mass is 172 g/mol. The molecule has 0 radical (unpaired) electrons. The zero-order chi connectivity index (χ0) is 9.40. The molecule has 0 bridgehead atoms. The Hall–Kier alpha value is -1.06. The molecule has 70 valence electrons. The third kappa shape index (κ3) is 8.94. The van der Waals surface area contributed by atoms with Gasteiger partial charge in [-0.2, -0.15) is 5.10 Å². The molecule has 4 heteroatoms. The van der Waals surface area contributed by atoms with E-state index < -0.39 is 5.97 Å². The van der Waals surface area contributed by atoms with Gasteiger partial charge in [0.2, 0.25) is 0 Å². The highest BCUT2D eigenvalue weighted by atomic mass is 16.4. The van der Waals surface area contributed by atoms with Gasteiger partial charge in [-0.05, 0) is 19.3 Å². The van der Waals surface area contributed by atoms with Crippen LogP contribution in [0.3, 0.4) is 0 Å². The number of unbranched alkanes of at least 4 members (excludes halogenated alkanes) is 2. The van der Waals surface area contributed by atoms with E-state index >= 15 is 0 Å². The number of hydrogen-bond donors (Lipinski definition) is 1. The molecule has 0 fully saturated rings. The summed E-state index contributed by atoms with van der Waals surface area (Å²) >= 11 is 0. The molecule has 0 rings (SSSR count). The van der Waals surface area contributed by atoms with Crippen LogP contribution in [0, 0.1) is 0 Å². The molecule has 1 N–H and O–H groups in total. The van der Waals surface area contributed by atoms with Crippen LogP contribution in [0.5, 0.6) is 0 Å². The van der Waals surface area contributed by atoms with Crippen LogP contribution in [-0.4, -0.2) is 36.4 Å². The molecule has 4 nitrogen and oxygen atoms in total. The Bertz CT molecular complexity index is 155. The number of carboxylic acid groups (broad SMARTS) is 1. The van der Waals surface area contributed by atoms with Crippen LogP contribution in [0.2, 0.25) is 0 Å². The Morgan fingerprint density at radius 1 is 1.50 bits per heavy atom. The lowest BCUT2D eigenvalue weighted by molar-refractivity contribution is -0.137. The SMILES string of the molecule is CN(C)N=CCCCCC(=O)O. The van der Waals surface area contributed by atoms with E-state index in [1.54, 1.807) is 5.01 Å². The van der Waals surface area contributed by atoms with Gasteiger partial charge in [-0.1, -0.05) is 0 Å². The number of hydrogen-bond acceptors (Lipinski definition) is 3. The van der Waals surface area contributed by atoms with Gasteiger partial charge in [0.05, 0.1) is 0 Å². The average molecular weight is 172 g/mol. The standard InChI is InChI=1S/C8H16N2O2/c1-10(2)9-7-5-3-4-6-8(11)12/h7H,3-6H2,1-2H3,(H,11,12). The quantitative estimate of drug-likeness (QED) is 0.372. The third-order valence-corrected chi connectivity index (χ3v) is 1.29. The minimum absolute atomic E-state index is 0.260. The second-order valence-corrected chi connectivity index (χ2v) is 2.78. The van der Waals surface area contributed by atoms with Crippen LogP contribution < -0.4 is 0 Å². The molecule has 0 saturated heterocycles. The van der Waals surface area contributed by atoms with Crippen LogP contribution in [0.4, 0.5) is 0 Å². The Morgan fingerprint density at radius 3 is 2.67 bits per heavy atom. The fourth-order valence-electron chi connectivity index (χ4n) is 0.733. The maximum absolute atomic E-state index is 10.1. The largest absolute Gasteiger partial charge is 0.481 e.